The second-order valence-electron chi connectivity index (χ2n) is 10.8. The van der Waals surface area contributed by atoms with Gasteiger partial charge in [0.05, 0.1) is 22.7 Å². The third-order valence-electron chi connectivity index (χ3n) is 8.06. The minimum absolute atomic E-state index is 0.0346. The van der Waals surface area contributed by atoms with Crippen molar-refractivity contribution in [2.45, 2.75) is 44.9 Å². The molecule has 1 fully saturated rings. The minimum Gasteiger partial charge on any atom is -0.376 e. The summed E-state index contributed by atoms with van der Waals surface area (Å²) in [5.41, 5.74) is 5.36. The van der Waals surface area contributed by atoms with Gasteiger partial charge in [-0.25, -0.2) is 9.67 Å². The highest BCUT2D eigenvalue weighted by molar-refractivity contribution is 5.90. The molecule has 3 aromatic carbocycles. The highest BCUT2D eigenvalue weighted by atomic mass is 16.5. The Balaban J connectivity index is 1.39. The Bertz CT molecular complexity index is 1720. The molecule has 10 nitrogen and oxygen atoms in total. The maximum Gasteiger partial charge on any atom is 0.250 e. The van der Waals surface area contributed by atoms with Gasteiger partial charge in [-0.3, -0.25) is 9.59 Å². The predicted molar refractivity (Wildman–Crippen MR) is 160 cm³/mol. The minimum atomic E-state index is -0.963. The van der Waals surface area contributed by atoms with E-state index in [0.717, 1.165) is 40.5 Å². The fourth-order valence-corrected chi connectivity index (χ4v) is 5.71. The normalized spacial score (nSPS) is 15.7. The number of nitrogens with zero attached hydrogens (tertiary/aromatic N) is 6. The van der Waals surface area contributed by atoms with Gasteiger partial charge in [-0.15, -0.1) is 5.10 Å². The van der Waals surface area contributed by atoms with E-state index in [2.05, 4.69) is 34.7 Å². The number of aryl methyl sites for hydroxylation is 2. The SMILES string of the molecule is Cc1ccccc1CCN(C(=O)Cn1nnc2ccccc21)[C@@H](C(=O)NC[C@H]1CCCO1)c1nc2ccccc2n1C. The zero-order valence-electron chi connectivity index (χ0n) is 23.9. The molecule has 1 aliphatic rings. The molecule has 0 radical (unpaired) electrons. The van der Waals surface area contributed by atoms with Crippen LogP contribution in [0.2, 0.25) is 0 Å². The van der Waals surface area contributed by atoms with E-state index in [0.29, 0.717) is 37.5 Å². The number of carbonyl (C=O) groups is 2. The average molecular weight is 566 g/mol. The summed E-state index contributed by atoms with van der Waals surface area (Å²) in [6.07, 6.45) is 2.41. The van der Waals surface area contributed by atoms with Gasteiger partial charge in [0.15, 0.2) is 6.04 Å². The average Bonchev–Trinajstić information content (AvgIpc) is 3.75. The molecule has 216 valence electrons. The molecule has 1 aliphatic heterocycles. The third-order valence-corrected chi connectivity index (χ3v) is 8.06. The van der Waals surface area contributed by atoms with E-state index in [1.54, 1.807) is 9.58 Å². The van der Waals surface area contributed by atoms with Gasteiger partial charge < -0.3 is 19.5 Å². The summed E-state index contributed by atoms with van der Waals surface area (Å²) >= 11 is 0. The molecule has 0 saturated carbocycles. The molecule has 6 rings (SSSR count). The van der Waals surface area contributed by atoms with Crippen molar-refractivity contribution in [3.05, 3.63) is 89.7 Å². The Morgan fingerprint density at radius 2 is 1.76 bits per heavy atom. The van der Waals surface area contributed by atoms with Crippen LogP contribution in [0.1, 0.15) is 35.8 Å². The quantitative estimate of drug-likeness (QED) is 0.277. The van der Waals surface area contributed by atoms with E-state index in [1.807, 2.05) is 72.3 Å². The van der Waals surface area contributed by atoms with Crippen LogP contribution in [0.4, 0.5) is 0 Å². The zero-order chi connectivity index (χ0) is 29.1. The Hall–Kier alpha value is -4.57. The summed E-state index contributed by atoms with van der Waals surface area (Å²) in [5, 5.41) is 11.6. The van der Waals surface area contributed by atoms with Crippen molar-refractivity contribution in [2.24, 2.45) is 7.05 Å². The molecule has 1 N–H and O–H groups in total. The summed E-state index contributed by atoms with van der Waals surface area (Å²) in [4.78, 5) is 34.9. The van der Waals surface area contributed by atoms with Crippen molar-refractivity contribution < 1.29 is 14.3 Å². The highest BCUT2D eigenvalue weighted by Crippen LogP contribution is 2.26. The number of hydrogen-bond donors (Lipinski definition) is 1. The second kappa shape index (κ2) is 12.1. The lowest BCUT2D eigenvalue weighted by Crippen LogP contribution is -2.48. The molecule has 2 atom stereocenters. The molecule has 2 amide bonds. The van der Waals surface area contributed by atoms with Gasteiger partial charge in [-0.1, -0.05) is 53.7 Å². The highest BCUT2D eigenvalue weighted by Gasteiger charge is 2.36. The van der Waals surface area contributed by atoms with Gasteiger partial charge in [0, 0.05) is 26.7 Å². The van der Waals surface area contributed by atoms with E-state index < -0.39 is 6.04 Å². The van der Waals surface area contributed by atoms with E-state index >= 15 is 0 Å². The lowest BCUT2D eigenvalue weighted by molar-refractivity contribution is -0.142. The first-order chi connectivity index (χ1) is 20.5. The Morgan fingerprint density at radius 3 is 2.52 bits per heavy atom. The monoisotopic (exact) mass is 565 g/mol. The van der Waals surface area contributed by atoms with Crippen LogP contribution in [0.15, 0.2) is 72.8 Å². The number of hydrogen-bond acceptors (Lipinski definition) is 6. The van der Waals surface area contributed by atoms with Gasteiger partial charge in [-0.05, 0) is 61.6 Å². The number of fused-ring (bicyclic) bond motifs is 2. The number of rotatable bonds is 10. The van der Waals surface area contributed by atoms with Gasteiger partial charge in [0.25, 0.3) is 5.91 Å². The lowest BCUT2D eigenvalue weighted by atomic mass is 10.0. The molecule has 3 heterocycles. The number of ether oxygens (including phenoxy) is 1. The number of carbonyl (C=O) groups excluding carboxylic acids is 2. The fraction of sp³-hybridized carbons (Fsp3) is 0.344. The first-order valence-electron chi connectivity index (χ1n) is 14.4. The number of aromatic nitrogens is 5. The third kappa shape index (κ3) is 5.62. The maximum absolute atomic E-state index is 14.3. The van der Waals surface area contributed by atoms with Crippen LogP contribution in [-0.4, -0.2) is 67.1 Å². The number of amides is 2. The molecule has 10 heteroatoms. The Kier molecular flexibility index (Phi) is 7.96. The largest absolute Gasteiger partial charge is 0.376 e. The Labute approximate surface area is 244 Å². The summed E-state index contributed by atoms with van der Waals surface area (Å²) in [6, 6.07) is 22.4. The van der Waals surface area contributed by atoms with Gasteiger partial charge in [0.2, 0.25) is 5.91 Å². The molecule has 1 saturated heterocycles. The van der Waals surface area contributed by atoms with Gasteiger partial charge in [0.1, 0.15) is 17.9 Å². The number of imidazole rings is 1. The van der Waals surface area contributed by atoms with Crippen molar-refractivity contribution in [2.75, 3.05) is 19.7 Å². The van der Waals surface area contributed by atoms with Crippen LogP contribution >= 0.6 is 0 Å². The molecule has 0 spiro atoms. The second-order valence-corrected chi connectivity index (χ2v) is 10.8. The molecule has 0 aliphatic carbocycles. The van der Waals surface area contributed by atoms with Crippen molar-refractivity contribution in [1.29, 1.82) is 0 Å². The zero-order valence-corrected chi connectivity index (χ0v) is 23.9. The summed E-state index contributed by atoms with van der Waals surface area (Å²) in [5.74, 6) is -0.0309. The van der Waals surface area contributed by atoms with Crippen LogP contribution in [0.25, 0.3) is 22.1 Å². The summed E-state index contributed by atoms with van der Waals surface area (Å²) in [7, 11) is 1.89. The maximum atomic E-state index is 14.3. The van der Waals surface area contributed by atoms with Crippen LogP contribution < -0.4 is 5.32 Å². The molecule has 5 aromatic rings. The van der Waals surface area contributed by atoms with E-state index in [4.69, 9.17) is 9.72 Å². The standard InChI is InChI=1S/C32H35N7O3/c1-22-10-3-4-11-23(22)17-18-38(29(40)21-39-28-16-8-6-14-26(28)35-36-39)30(32(41)33-20-24-12-9-19-42-24)31-34-25-13-5-7-15-27(25)37(31)2/h3-8,10-11,13-16,24,30H,9,12,17-21H2,1-2H3,(H,33,41)/t24-,30-/m1/s1. The van der Waals surface area contributed by atoms with E-state index in [-0.39, 0.29) is 24.5 Å². The topological polar surface area (TPSA) is 107 Å². The molecule has 0 unspecified atom stereocenters. The van der Waals surface area contributed by atoms with E-state index in [1.165, 1.54) is 0 Å². The molecular weight excluding hydrogens is 530 g/mol. The van der Waals surface area contributed by atoms with Crippen molar-refractivity contribution in [1.82, 2.24) is 34.8 Å². The summed E-state index contributed by atoms with van der Waals surface area (Å²) in [6.45, 7) is 3.39. The van der Waals surface area contributed by atoms with Crippen molar-refractivity contribution >= 4 is 33.9 Å². The first kappa shape index (κ1) is 27.6. The van der Waals surface area contributed by atoms with Crippen LogP contribution in [-0.2, 0) is 34.3 Å². The van der Waals surface area contributed by atoms with Crippen molar-refractivity contribution in [3.63, 3.8) is 0 Å². The van der Waals surface area contributed by atoms with Crippen LogP contribution in [0.5, 0.6) is 0 Å². The number of nitrogens with one attached hydrogen (secondary N) is 1. The van der Waals surface area contributed by atoms with E-state index in [9.17, 15) is 9.59 Å². The lowest BCUT2D eigenvalue weighted by Gasteiger charge is -2.31. The smallest absolute Gasteiger partial charge is 0.250 e. The van der Waals surface area contributed by atoms with Crippen LogP contribution in [0, 0.1) is 6.92 Å². The van der Waals surface area contributed by atoms with Crippen molar-refractivity contribution in [3.8, 4) is 0 Å². The van der Waals surface area contributed by atoms with Crippen LogP contribution in [0.3, 0.4) is 0 Å². The molecular formula is C32H35N7O3. The molecule has 2 aromatic heterocycles. The summed E-state index contributed by atoms with van der Waals surface area (Å²) < 4.78 is 9.26. The number of benzene rings is 3. The fourth-order valence-electron chi connectivity index (χ4n) is 5.71. The van der Waals surface area contributed by atoms with Gasteiger partial charge in [-0.2, -0.15) is 0 Å². The first-order valence-corrected chi connectivity index (χ1v) is 14.4. The predicted octanol–water partition coefficient (Wildman–Crippen LogP) is 3.73. The number of para-hydroxylation sites is 3. The molecule has 42 heavy (non-hydrogen) atoms. The molecule has 0 bridgehead atoms. The Morgan fingerprint density at radius 1 is 1.02 bits per heavy atom. The van der Waals surface area contributed by atoms with Gasteiger partial charge >= 0.3 is 0 Å².